The summed E-state index contributed by atoms with van der Waals surface area (Å²) in [5.74, 6) is 1.39. The summed E-state index contributed by atoms with van der Waals surface area (Å²) in [7, 11) is 0. The van der Waals surface area contributed by atoms with E-state index in [1.807, 2.05) is 60.7 Å². The summed E-state index contributed by atoms with van der Waals surface area (Å²) in [6.45, 7) is 2.78. The van der Waals surface area contributed by atoms with Gasteiger partial charge in [0.15, 0.2) is 0 Å². The molecule has 1 fully saturated rings. The Morgan fingerprint density at radius 2 is 1.81 bits per heavy atom. The van der Waals surface area contributed by atoms with Crippen LogP contribution in [0.25, 0.3) is 6.08 Å². The van der Waals surface area contributed by atoms with Gasteiger partial charge < -0.3 is 10.1 Å². The first-order chi connectivity index (χ1) is 12.7. The van der Waals surface area contributed by atoms with Crippen LogP contribution in [0.3, 0.4) is 0 Å². The molecule has 3 heteroatoms. The summed E-state index contributed by atoms with van der Waals surface area (Å²) in [4.78, 5) is 12.1. The molecule has 2 aromatic carbocycles. The second-order valence-corrected chi connectivity index (χ2v) is 7.05. The molecule has 0 bridgehead atoms. The van der Waals surface area contributed by atoms with Gasteiger partial charge in [-0.1, -0.05) is 62.2 Å². The van der Waals surface area contributed by atoms with Crippen molar-refractivity contribution in [1.29, 1.82) is 0 Å². The zero-order valence-electron chi connectivity index (χ0n) is 15.4. The van der Waals surface area contributed by atoms with E-state index < -0.39 is 0 Å². The molecule has 1 aliphatic rings. The van der Waals surface area contributed by atoms with Gasteiger partial charge in [0.2, 0.25) is 5.91 Å². The Balaban J connectivity index is 1.48. The first kappa shape index (κ1) is 18.2. The number of amides is 1. The number of hydrogen-bond acceptors (Lipinski definition) is 2. The van der Waals surface area contributed by atoms with Crippen molar-refractivity contribution in [2.24, 2.45) is 5.92 Å². The third kappa shape index (κ3) is 5.48. The van der Waals surface area contributed by atoms with Crippen LogP contribution in [0, 0.1) is 5.92 Å². The Kier molecular flexibility index (Phi) is 6.48. The maximum absolute atomic E-state index is 12.1. The maximum Gasteiger partial charge on any atom is 0.244 e. The molecule has 136 valence electrons. The van der Waals surface area contributed by atoms with E-state index in [4.69, 9.17) is 4.74 Å². The molecule has 0 aromatic heterocycles. The van der Waals surface area contributed by atoms with Gasteiger partial charge in [0.05, 0.1) is 0 Å². The summed E-state index contributed by atoms with van der Waals surface area (Å²) >= 11 is 0. The first-order valence-corrected chi connectivity index (χ1v) is 9.46. The molecular formula is C23H27NO2. The van der Waals surface area contributed by atoms with Crippen molar-refractivity contribution >= 4 is 12.0 Å². The number of nitrogens with one attached hydrogen (secondary N) is 1. The van der Waals surface area contributed by atoms with Crippen LogP contribution in [0.4, 0.5) is 0 Å². The van der Waals surface area contributed by atoms with Crippen LogP contribution >= 0.6 is 0 Å². The van der Waals surface area contributed by atoms with Crippen LogP contribution in [-0.2, 0) is 11.4 Å². The van der Waals surface area contributed by atoms with Crippen molar-refractivity contribution in [3.63, 3.8) is 0 Å². The van der Waals surface area contributed by atoms with Gasteiger partial charge in [0, 0.05) is 12.1 Å². The summed E-state index contributed by atoms with van der Waals surface area (Å²) in [6, 6.07) is 18.2. The zero-order valence-corrected chi connectivity index (χ0v) is 15.4. The van der Waals surface area contributed by atoms with Crippen LogP contribution in [0.2, 0.25) is 0 Å². The van der Waals surface area contributed by atoms with E-state index in [2.05, 4.69) is 12.2 Å². The zero-order chi connectivity index (χ0) is 18.2. The summed E-state index contributed by atoms with van der Waals surface area (Å²) in [5, 5.41) is 3.14. The fourth-order valence-electron chi connectivity index (χ4n) is 3.35. The van der Waals surface area contributed by atoms with E-state index >= 15 is 0 Å². The summed E-state index contributed by atoms with van der Waals surface area (Å²) in [5.41, 5.74) is 2.13. The minimum atomic E-state index is -0.00634. The Labute approximate surface area is 156 Å². The summed E-state index contributed by atoms with van der Waals surface area (Å²) in [6.07, 6.45) is 8.27. The lowest BCUT2D eigenvalue weighted by Crippen LogP contribution is -2.40. The van der Waals surface area contributed by atoms with Crippen LogP contribution < -0.4 is 10.1 Å². The molecule has 0 aliphatic heterocycles. The molecule has 1 amide bonds. The highest BCUT2D eigenvalue weighted by atomic mass is 16.5. The number of benzene rings is 2. The molecule has 0 spiro atoms. The fourth-order valence-corrected chi connectivity index (χ4v) is 3.35. The second kappa shape index (κ2) is 9.23. The molecule has 0 radical (unpaired) electrons. The molecule has 2 atom stereocenters. The van der Waals surface area contributed by atoms with Crippen molar-refractivity contribution in [2.75, 3.05) is 0 Å². The molecule has 1 N–H and O–H groups in total. The van der Waals surface area contributed by atoms with Gasteiger partial charge in [-0.15, -0.1) is 0 Å². The van der Waals surface area contributed by atoms with Crippen LogP contribution in [0.5, 0.6) is 5.75 Å². The molecule has 0 heterocycles. The van der Waals surface area contributed by atoms with Crippen LogP contribution in [0.15, 0.2) is 60.7 Å². The SMILES string of the molecule is CC1CCCCC1NC(=O)/C=C/c1ccc(OCc2ccccc2)cc1. The molecule has 1 saturated carbocycles. The van der Waals surface area contributed by atoms with Gasteiger partial charge in [-0.2, -0.15) is 0 Å². The number of carbonyl (C=O) groups is 1. The molecule has 3 nitrogen and oxygen atoms in total. The van der Waals surface area contributed by atoms with E-state index in [1.54, 1.807) is 6.08 Å². The van der Waals surface area contributed by atoms with Gasteiger partial charge in [0.1, 0.15) is 12.4 Å². The van der Waals surface area contributed by atoms with Crippen LogP contribution in [-0.4, -0.2) is 11.9 Å². The lowest BCUT2D eigenvalue weighted by molar-refractivity contribution is -0.117. The Morgan fingerprint density at radius 3 is 2.54 bits per heavy atom. The predicted molar refractivity (Wildman–Crippen MR) is 106 cm³/mol. The normalized spacial score (nSPS) is 20.0. The molecule has 2 unspecified atom stereocenters. The van der Waals surface area contributed by atoms with Gasteiger partial charge in [-0.25, -0.2) is 0 Å². The number of carbonyl (C=O) groups excluding carboxylic acids is 1. The Bertz CT molecular complexity index is 722. The monoisotopic (exact) mass is 349 g/mol. The third-order valence-corrected chi connectivity index (χ3v) is 4.99. The van der Waals surface area contributed by atoms with Crippen molar-refractivity contribution < 1.29 is 9.53 Å². The molecule has 3 rings (SSSR count). The molecule has 2 aromatic rings. The number of hydrogen-bond donors (Lipinski definition) is 1. The minimum Gasteiger partial charge on any atom is -0.489 e. The van der Waals surface area contributed by atoms with Gasteiger partial charge in [-0.05, 0) is 48.1 Å². The van der Waals surface area contributed by atoms with Gasteiger partial charge in [0.25, 0.3) is 0 Å². The Morgan fingerprint density at radius 1 is 1.08 bits per heavy atom. The number of ether oxygens (including phenoxy) is 1. The predicted octanol–water partition coefficient (Wildman–Crippen LogP) is 4.97. The van der Waals surface area contributed by atoms with E-state index in [1.165, 1.54) is 19.3 Å². The van der Waals surface area contributed by atoms with Crippen molar-refractivity contribution in [3.8, 4) is 5.75 Å². The maximum atomic E-state index is 12.1. The van der Waals surface area contributed by atoms with E-state index in [0.717, 1.165) is 23.3 Å². The molecule has 26 heavy (non-hydrogen) atoms. The lowest BCUT2D eigenvalue weighted by Gasteiger charge is -2.29. The van der Waals surface area contributed by atoms with Gasteiger partial charge in [-0.3, -0.25) is 4.79 Å². The highest BCUT2D eigenvalue weighted by Gasteiger charge is 2.21. The van der Waals surface area contributed by atoms with E-state index in [0.29, 0.717) is 18.6 Å². The lowest BCUT2D eigenvalue weighted by atomic mass is 9.86. The highest BCUT2D eigenvalue weighted by molar-refractivity contribution is 5.91. The van der Waals surface area contributed by atoms with Crippen molar-refractivity contribution in [3.05, 3.63) is 71.8 Å². The minimum absolute atomic E-state index is 0.00634. The van der Waals surface area contributed by atoms with E-state index in [9.17, 15) is 4.79 Å². The third-order valence-electron chi connectivity index (χ3n) is 4.99. The average molecular weight is 349 g/mol. The van der Waals surface area contributed by atoms with E-state index in [-0.39, 0.29) is 5.91 Å². The standard InChI is InChI=1S/C23H27NO2/c1-18-7-5-6-10-22(18)24-23(25)16-13-19-11-14-21(15-12-19)26-17-20-8-3-2-4-9-20/h2-4,8-9,11-16,18,22H,5-7,10,17H2,1H3,(H,24,25)/b16-13+. The largest absolute Gasteiger partial charge is 0.489 e. The highest BCUT2D eigenvalue weighted by Crippen LogP contribution is 2.23. The quantitative estimate of drug-likeness (QED) is 0.748. The summed E-state index contributed by atoms with van der Waals surface area (Å²) < 4.78 is 5.78. The second-order valence-electron chi connectivity index (χ2n) is 7.05. The average Bonchev–Trinajstić information content (AvgIpc) is 2.68. The Hall–Kier alpha value is -2.55. The smallest absolute Gasteiger partial charge is 0.244 e. The molecule has 1 aliphatic carbocycles. The van der Waals surface area contributed by atoms with Crippen molar-refractivity contribution in [2.45, 2.75) is 45.3 Å². The van der Waals surface area contributed by atoms with Gasteiger partial charge >= 0.3 is 0 Å². The fraction of sp³-hybridized carbons (Fsp3) is 0.348. The first-order valence-electron chi connectivity index (χ1n) is 9.46. The topological polar surface area (TPSA) is 38.3 Å². The molecular weight excluding hydrogens is 322 g/mol. The van der Waals surface area contributed by atoms with Crippen molar-refractivity contribution in [1.82, 2.24) is 5.32 Å². The molecule has 0 saturated heterocycles. The van der Waals surface area contributed by atoms with Crippen LogP contribution in [0.1, 0.15) is 43.7 Å². The number of rotatable bonds is 6.